The lowest BCUT2D eigenvalue weighted by Crippen LogP contribution is -2.45. The molecule has 1 fully saturated rings. The molecular formula is C20H21ClN4O. The maximum absolute atomic E-state index is 6.18. The molecule has 0 saturated carbocycles. The van der Waals surface area contributed by atoms with Gasteiger partial charge in [0.1, 0.15) is 0 Å². The summed E-state index contributed by atoms with van der Waals surface area (Å²) < 4.78 is 5.51. The zero-order valence-electron chi connectivity index (χ0n) is 14.7. The second-order valence-electron chi connectivity index (χ2n) is 6.58. The van der Waals surface area contributed by atoms with Crippen molar-refractivity contribution in [3.05, 3.63) is 70.5 Å². The van der Waals surface area contributed by atoms with Gasteiger partial charge in [-0.15, -0.1) is 0 Å². The summed E-state index contributed by atoms with van der Waals surface area (Å²) in [5.74, 6) is 1.28. The zero-order valence-corrected chi connectivity index (χ0v) is 15.4. The van der Waals surface area contributed by atoms with E-state index in [2.05, 4.69) is 26.4 Å². The summed E-state index contributed by atoms with van der Waals surface area (Å²) in [5, 5.41) is 8.42. The van der Waals surface area contributed by atoms with E-state index in [-0.39, 0.29) is 6.04 Å². The highest BCUT2D eigenvalue weighted by atomic mass is 35.5. The van der Waals surface area contributed by atoms with Gasteiger partial charge in [-0.25, -0.2) is 0 Å². The maximum Gasteiger partial charge on any atom is 0.258 e. The molecular weight excluding hydrogens is 348 g/mol. The summed E-state index contributed by atoms with van der Waals surface area (Å²) in [7, 11) is 0. The van der Waals surface area contributed by atoms with E-state index in [0.717, 1.165) is 35.8 Å². The molecule has 1 saturated heterocycles. The Morgan fingerprint density at radius 2 is 2.12 bits per heavy atom. The first kappa shape index (κ1) is 17.2. The van der Waals surface area contributed by atoms with Crippen LogP contribution < -0.4 is 5.32 Å². The third-order valence-corrected chi connectivity index (χ3v) is 5.01. The van der Waals surface area contributed by atoms with E-state index in [0.29, 0.717) is 18.3 Å². The molecule has 1 aromatic heterocycles. The number of piperazine rings is 1. The quantitative estimate of drug-likeness (QED) is 0.758. The minimum absolute atomic E-state index is 0.239. The first-order chi connectivity index (χ1) is 12.7. The molecule has 26 heavy (non-hydrogen) atoms. The van der Waals surface area contributed by atoms with Gasteiger partial charge >= 0.3 is 0 Å². The van der Waals surface area contributed by atoms with Crippen molar-refractivity contribution in [2.75, 3.05) is 19.6 Å². The lowest BCUT2D eigenvalue weighted by molar-refractivity contribution is 0.148. The minimum atomic E-state index is 0.239. The monoisotopic (exact) mass is 368 g/mol. The Hall–Kier alpha value is -2.21. The molecule has 1 N–H and O–H groups in total. The maximum atomic E-state index is 6.18. The van der Waals surface area contributed by atoms with Crippen LogP contribution >= 0.6 is 11.6 Å². The first-order valence-electron chi connectivity index (χ1n) is 8.79. The van der Waals surface area contributed by atoms with Gasteiger partial charge in [0.2, 0.25) is 0 Å². The molecule has 6 heteroatoms. The largest absolute Gasteiger partial charge is 0.334 e. The summed E-state index contributed by atoms with van der Waals surface area (Å²) in [5.41, 5.74) is 3.31. The summed E-state index contributed by atoms with van der Waals surface area (Å²) in [6, 6.07) is 16.3. The molecule has 1 atom stereocenters. The predicted molar refractivity (Wildman–Crippen MR) is 102 cm³/mol. The van der Waals surface area contributed by atoms with Crippen molar-refractivity contribution in [2.24, 2.45) is 0 Å². The molecule has 1 aliphatic heterocycles. The van der Waals surface area contributed by atoms with Crippen molar-refractivity contribution in [1.29, 1.82) is 0 Å². The van der Waals surface area contributed by atoms with Gasteiger partial charge in [-0.3, -0.25) is 4.90 Å². The van der Waals surface area contributed by atoms with E-state index in [1.165, 1.54) is 5.56 Å². The zero-order chi connectivity index (χ0) is 17.9. The van der Waals surface area contributed by atoms with E-state index in [1.54, 1.807) is 0 Å². The fourth-order valence-electron chi connectivity index (χ4n) is 3.40. The molecule has 0 radical (unpaired) electrons. The summed E-state index contributed by atoms with van der Waals surface area (Å²) in [6.45, 7) is 5.44. The van der Waals surface area contributed by atoms with Gasteiger partial charge in [0.15, 0.2) is 5.82 Å². The Balaban J connectivity index is 1.55. The number of hydrogen-bond acceptors (Lipinski definition) is 5. The Kier molecular flexibility index (Phi) is 5.02. The van der Waals surface area contributed by atoms with E-state index < -0.39 is 0 Å². The number of halogens is 1. The van der Waals surface area contributed by atoms with Crippen LogP contribution in [0.2, 0.25) is 5.02 Å². The number of aromatic nitrogens is 2. The normalized spacial score (nSPS) is 18.2. The van der Waals surface area contributed by atoms with Crippen molar-refractivity contribution in [3.63, 3.8) is 0 Å². The lowest BCUT2D eigenvalue weighted by atomic mass is 10.0. The number of rotatable bonds is 4. The average Bonchev–Trinajstić information content (AvgIpc) is 3.11. The highest BCUT2D eigenvalue weighted by Crippen LogP contribution is 2.27. The standard InChI is InChI=1S/C20H21ClN4O/c1-14-5-2-3-8-17(14)20-23-19(24-26-20)13-25-10-9-22-12-18(25)15-6-4-7-16(21)11-15/h2-8,11,18,22H,9-10,12-13H2,1H3. The van der Waals surface area contributed by atoms with Gasteiger partial charge in [-0.1, -0.05) is 47.1 Å². The fraction of sp³-hybridized carbons (Fsp3) is 0.300. The van der Waals surface area contributed by atoms with Crippen LogP contribution in [0.15, 0.2) is 53.1 Å². The van der Waals surface area contributed by atoms with Crippen molar-refractivity contribution in [2.45, 2.75) is 19.5 Å². The summed E-state index contributed by atoms with van der Waals surface area (Å²) in [6.07, 6.45) is 0. The molecule has 0 amide bonds. The molecule has 0 bridgehead atoms. The second kappa shape index (κ2) is 7.58. The van der Waals surface area contributed by atoms with Gasteiger partial charge in [0.25, 0.3) is 5.89 Å². The topological polar surface area (TPSA) is 54.2 Å². The molecule has 0 spiro atoms. The van der Waals surface area contributed by atoms with Crippen molar-refractivity contribution >= 4 is 11.6 Å². The smallest absolute Gasteiger partial charge is 0.258 e. The molecule has 2 aromatic carbocycles. The highest BCUT2D eigenvalue weighted by molar-refractivity contribution is 6.30. The third-order valence-electron chi connectivity index (χ3n) is 4.78. The van der Waals surface area contributed by atoms with Crippen LogP contribution in [0.5, 0.6) is 0 Å². The molecule has 3 aromatic rings. The summed E-state index contributed by atoms with van der Waals surface area (Å²) >= 11 is 6.18. The Labute approximate surface area is 158 Å². The average molecular weight is 369 g/mol. The van der Waals surface area contributed by atoms with Crippen LogP contribution in [-0.4, -0.2) is 34.7 Å². The Morgan fingerprint density at radius 3 is 2.96 bits per heavy atom. The highest BCUT2D eigenvalue weighted by Gasteiger charge is 2.25. The van der Waals surface area contributed by atoms with Gasteiger partial charge in [-0.2, -0.15) is 4.98 Å². The van der Waals surface area contributed by atoms with Crippen LogP contribution in [0.4, 0.5) is 0 Å². The number of aryl methyl sites for hydroxylation is 1. The van der Waals surface area contributed by atoms with Crippen LogP contribution in [0.25, 0.3) is 11.5 Å². The van der Waals surface area contributed by atoms with E-state index in [4.69, 9.17) is 16.1 Å². The van der Waals surface area contributed by atoms with Crippen LogP contribution in [-0.2, 0) is 6.54 Å². The van der Waals surface area contributed by atoms with E-state index in [9.17, 15) is 0 Å². The molecule has 1 aliphatic rings. The van der Waals surface area contributed by atoms with Crippen LogP contribution in [0.1, 0.15) is 23.0 Å². The summed E-state index contributed by atoms with van der Waals surface area (Å²) in [4.78, 5) is 6.98. The second-order valence-corrected chi connectivity index (χ2v) is 7.01. The predicted octanol–water partition coefficient (Wildman–Crippen LogP) is 3.84. The SMILES string of the molecule is Cc1ccccc1-c1nc(CN2CCNCC2c2cccc(Cl)c2)no1. The van der Waals surface area contributed by atoms with Crippen molar-refractivity contribution in [3.8, 4) is 11.5 Å². The molecule has 0 aliphatic carbocycles. The van der Waals surface area contributed by atoms with Crippen LogP contribution in [0.3, 0.4) is 0 Å². The van der Waals surface area contributed by atoms with Crippen molar-refractivity contribution in [1.82, 2.24) is 20.4 Å². The molecule has 4 rings (SSSR count). The lowest BCUT2D eigenvalue weighted by Gasteiger charge is -2.35. The number of nitrogens with one attached hydrogen (secondary N) is 1. The fourth-order valence-corrected chi connectivity index (χ4v) is 3.60. The number of nitrogens with zero attached hydrogens (tertiary/aromatic N) is 3. The number of hydrogen-bond donors (Lipinski definition) is 1. The first-order valence-corrected chi connectivity index (χ1v) is 9.17. The Bertz CT molecular complexity index is 895. The minimum Gasteiger partial charge on any atom is -0.334 e. The molecule has 1 unspecified atom stereocenters. The van der Waals surface area contributed by atoms with E-state index >= 15 is 0 Å². The van der Waals surface area contributed by atoms with Gasteiger partial charge in [0.05, 0.1) is 6.54 Å². The van der Waals surface area contributed by atoms with Gasteiger partial charge < -0.3 is 9.84 Å². The number of benzene rings is 2. The van der Waals surface area contributed by atoms with Crippen molar-refractivity contribution < 1.29 is 4.52 Å². The van der Waals surface area contributed by atoms with Gasteiger partial charge in [-0.05, 0) is 36.2 Å². The van der Waals surface area contributed by atoms with E-state index in [1.807, 2.05) is 49.4 Å². The third kappa shape index (κ3) is 3.65. The molecule has 5 nitrogen and oxygen atoms in total. The Morgan fingerprint density at radius 1 is 1.23 bits per heavy atom. The molecule has 134 valence electrons. The van der Waals surface area contributed by atoms with Crippen LogP contribution in [0, 0.1) is 6.92 Å². The molecule has 2 heterocycles. The van der Waals surface area contributed by atoms with Gasteiger partial charge in [0, 0.05) is 36.3 Å².